The van der Waals surface area contributed by atoms with Gasteiger partial charge in [-0.25, -0.2) is 0 Å². The third-order valence-corrected chi connectivity index (χ3v) is 5.18. The molecular weight excluding hydrogens is 410 g/mol. The van der Waals surface area contributed by atoms with E-state index in [2.05, 4.69) is 0 Å². The number of rotatable bonds is 7. The lowest BCUT2D eigenvalue weighted by molar-refractivity contribution is -0.385. The lowest BCUT2D eigenvalue weighted by Crippen LogP contribution is -2.04. The summed E-state index contributed by atoms with van der Waals surface area (Å²) >= 11 is 0. The van der Waals surface area contributed by atoms with Crippen molar-refractivity contribution in [2.75, 3.05) is 0 Å². The van der Waals surface area contributed by atoms with Crippen LogP contribution < -0.4 is 9.47 Å². The largest absolute Gasteiger partial charge is 0.487 e. The van der Waals surface area contributed by atoms with E-state index in [1.54, 1.807) is 13.8 Å². The zero-order chi connectivity index (χ0) is 21.9. The fourth-order valence-electron chi connectivity index (χ4n) is 2.92. The lowest BCUT2D eigenvalue weighted by atomic mass is 10.1. The molecule has 0 bridgehead atoms. The van der Waals surface area contributed by atoms with Gasteiger partial charge in [-0.3, -0.25) is 14.7 Å². The predicted molar refractivity (Wildman–Crippen MR) is 110 cm³/mol. The van der Waals surface area contributed by atoms with Crippen molar-refractivity contribution in [3.8, 4) is 17.2 Å². The summed E-state index contributed by atoms with van der Waals surface area (Å²) in [5.74, 6) is 0.473. The molecule has 0 fully saturated rings. The summed E-state index contributed by atoms with van der Waals surface area (Å²) in [5, 5.41) is 11.0. The van der Waals surface area contributed by atoms with Gasteiger partial charge in [0.25, 0.3) is 15.8 Å². The summed E-state index contributed by atoms with van der Waals surface area (Å²) in [6, 6.07) is 15.9. The molecule has 3 aromatic carbocycles. The van der Waals surface area contributed by atoms with E-state index in [1.807, 2.05) is 30.3 Å². The standard InChI is InChI=1S/C21H19NO7S/c1-14-10-17(22(23)24)11-15(2)21(14)29-18-8-9-19(20(12-18)30(25,26)27)28-13-16-6-4-3-5-7-16/h3-12H,13H2,1-2H3,(H,25,26,27). The highest BCUT2D eigenvalue weighted by atomic mass is 32.2. The van der Waals surface area contributed by atoms with E-state index in [9.17, 15) is 23.1 Å². The molecule has 3 rings (SSSR count). The van der Waals surface area contributed by atoms with Crippen LogP contribution in [-0.2, 0) is 16.7 Å². The molecule has 9 heteroatoms. The van der Waals surface area contributed by atoms with E-state index >= 15 is 0 Å². The quantitative estimate of drug-likeness (QED) is 0.325. The van der Waals surface area contributed by atoms with Crippen LogP contribution in [0.15, 0.2) is 65.6 Å². The van der Waals surface area contributed by atoms with Crippen LogP contribution in [0.5, 0.6) is 17.2 Å². The Balaban J connectivity index is 1.91. The maximum atomic E-state index is 11.9. The molecule has 0 saturated carbocycles. The van der Waals surface area contributed by atoms with Gasteiger partial charge in [-0.15, -0.1) is 0 Å². The first-order valence-corrected chi connectivity index (χ1v) is 10.3. The number of non-ortho nitro benzene ring substituents is 1. The van der Waals surface area contributed by atoms with E-state index < -0.39 is 19.9 Å². The summed E-state index contributed by atoms with van der Waals surface area (Å²) in [6.07, 6.45) is 0. The van der Waals surface area contributed by atoms with E-state index in [4.69, 9.17) is 9.47 Å². The van der Waals surface area contributed by atoms with E-state index in [-0.39, 0.29) is 23.8 Å². The number of benzene rings is 3. The maximum Gasteiger partial charge on any atom is 0.298 e. The van der Waals surface area contributed by atoms with Gasteiger partial charge in [0.2, 0.25) is 0 Å². The topological polar surface area (TPSA) is 116 Å². The van der Waals surface area contributed by atoms with Crippen LogP contribution >= 0.6 is 0 Å². The average Bonchev–Trinajstić information content (AvgIpc) is 2.69. The maximum absolute atomic E-state index is 11.9. The predicted octanol–water partition coefficient (Wildman–Crippen LogP) is 4.83. The molecule has 0 amide bonds. The van der Waals surface area contributed by atoms with Crippen LogP contribution in [0.25, 0.3) is 0 Å². The third-order valence-electron chi connectivity index (χ3n) is 4.31. The molecule has 0 spiro atoms. The van der Waals surface area contributed by atoms with Gasteiger partial charge in [-0.2, -0.15) is 8.42 Å². The van der Waals surface area contributed by atoms with Gasteiger partial charge in [0.05, 0.1) is 4.92 Å². The van der Waals surface area contributed by atoms with Gasteiger partial charge in [-0.1, -0.05) is 30.3 Å². The highest BCUT2D eigenvalue weighted by Gasteiger charge is 2.20. The Hall–Kier alpha value is -3.43. The van der Waals surface area contributed by atoms with Crippen molar-refractivity contribution in [1.29, 1.82) is 0 Å². The number of hydrogen-bond donors (Lipinski definition) is 1. The Bertz CT molecular complexity index is 1170. The van der Waals surface area contributed by atoms with Gasteiger partial charge in [-0.05, 0) is 42.7 Å². The first-order chi connectivity index (χ1) is 14.1. The van der Waals surface area contributed by atoms with Crippen molar-refractivity contribution in [3.05, 3.63) is 87.5 Å². The molecule has 156 valence electrons. The second kappa shape index (κ2) is 8.52. The average molecular weight is 429 g/mol. The molecule has 0 radical (unpaired) electrons. The second-order valence-electron chi connectivity index (χ2n) is 6.63. The second-order valence-corrected chi connectivity index (χ2v) is 8.02. The summed E-state index contributed by atoms with van der Waals surface area (Å²) in [4.78, 5) is 10.1. The Kier molecular flexibility index (Phi) is 6.04. The Morgan fingerprint density at radius 2 is 1.63 bits per heavy atom. The monoisotopic (exact) mass is 429 g/mol. The van der Waals surface area contributed by atoms with Crippen molar-refractivity contribution in [2.45, 2.75) is 25.3 Å². The number of nitrogens with zero attached hydrogens (tertiary/aromatic N) is 1. The van der Waals surface area contributed by atoms with Gasteiger partial charge >= 0.3 is 0 Å². The fourth-order valence-corrected chi connectivity index (χ4v) is 3.57. The van der Waals surface area contributed by atoms with Crippen molar-refractivity contribution in [3.63, 3.8) is 0 Å². The van der Waals surface area contributed by atoms with Crippen LogP contribution in [0.1, 0.15) is 16.7 Å². The van der Waals surface area contributed by atoms with Gasteiger partial charge in [0, 0.05) is 18.2 Å². The van der Waals surface area contributed by atoms with E-state index in [0.29, 0.717) is 16.9 Å². The molecule has 0 aliphatic heterocycles. The number of hydrogen-bond acceptors (Lipinski definition) is 6. The van der Waals surface area contributed by atoms with Crippen molar-refractivity contribution in [2.24, 2.45) is 0 Å². The lowest BCUT2D eigenvalue weighted by Gasteiger charge is -2.14. The molecule has 1 N–H and O–H groups in total. The molecule has 0 atom stereocenters. The minimum absolute atomic E-state index is 0.0224. The highest BCUT2D eigenvalue weighted by molar-refractivity contribution is 7.86. The molecule has 0 heterocycles. The minimum atomic E-state index is -4.59. The molecule has 8 nitrogen and oxygen atoms in total. The fraction of sp³-hybridized carbons (Fsp3) is 0.143. The molecule has 0 aliphatic carbocycles. The van der Waals surface area contributed by atoms with Crippen molar-refractivity contribution < 1.29 is 27.4 Å². The van der Waals surface area contributed by atoms with Crippen LogP contribution in [0, 0.1) is 24.0 Å². The summed E-state index contributed by atoms with van der Waals surface area (Å²) < 4.78 is 44.7. The minimum Gasteiger partial charge on any atom is -0.487 e. The molecule has 0 unspecified atom stereocenters. The summed E-state index contributed by atoms with van der Waals surface area (Å²) in [7, 11) is -4.59. The third kappa shape index (κ3) is 4.94. The normalized spacial score (nSPS) is 11.2. The van der Waals surface area contributed by atoms with Crippen molar-refractivity contribution in [1.82, 2.24) is 0 Å². The van der Waals surface area contributed by atoms with Crippen LogP contribution in [0.3, 0.4) is 0 Å². The molecule has 0 aromatic heterocycles. The van der Waals surface area contributed by atoms with Gasteiger partial charge < -0.3 is 9.47 Å². The van der Waals surface area contributed by atoms with E-state index in [1.165, 1.54) is 24.3 Å². The molecule has 0 aliphatic rings. The summed E-state index contributed by atoms with van der Waals surface area (Å²) in [5.41, 5.74) is 1.79. The number of nitro groups is 1. The molecule has 30 heavy (non-hydrogen) atoms. The van der Waals surface area contributed by atoms with E-state index in [0.717, 1.165) is 11.6 Å². The molecule has 3 aromatic rings. The first kappa shape index (κ1) is 21.3. The zero-order valence-corrected chi connectivity index (χ0v) is 17.0. The Morgan fingerprint density at radius 1 is 1.00 bits per heavy atom. The smallest absolute Gasteiger partial charge is 0.298 e. The highest BCUT2D eigenvalue weighted by Crippen LogP contribution is 2.35. The summed E-state index contributed by atoms with van der Waals surface area (Å²) in [6.45, 7) is 3.41. The van der Waals surface area contributed by atoms with Gasteiger partial charge in [0.1, 0.15) is 28.8 Å². The Labute approximate surface area is 173 Å². The number of ether oxygens (including phenoxy) is 2. The van der Waals surface area contributed by atoms with Crippen molar-refractivity contribution >= 4 is 15.8 Å². The molecule has 0 saturated heterocycles. The molecular formula is C21H19NO7S. The van der Waals surface area contributed by atoms with Gasteiger partial charge in [0.15, 0.2) is 0 Å². The number of nitro benzene ring substituents is 1. The van der Waals surface area contributed by atoms with Crippen LogP contribution in [-0.4, -0.2) is 17.9 Å². The SMILES string of the molecule is Cc1cc([N+](=O)[O-])cc(C)c1Oc1ccc(OCc2ccccc2)c(S(=O)(=O)O)c1. The number of aryl methyl sites for hydroxylation is 2. The zero-order valence-electron chi connectivity index (χ0n) is 16.2. The Morgan fingerprint density at radius 3 is 2.20 bits per heavy atom. The van der Waals surface area contributed by atoms with Crippen LogP contribution in [0.4, 0.5) is 5.69 Å². The van der Waals surface area contributed by atoms with Crippen LogP contribution in [0.2, 0.25) is 0 Å². The first-order valence-electron chi connectivity index (χ1n) is 8.87.